The molecule has 2 aliphatic carbocycles. The minimum Gasteiger partial charge on any atom is -0.204 e. The third-order valence-electron chi connectivity index (χ3n) is 6.20. The van der Waals surface area contributed by atoms with Crippen LogP contribution in [0.25, 0.3) is 5.57 Å². The van der Waals surface area contributed by atoms with E-state index in [-0.39, 0.29) is 0 Å². The van der Waals surface area contributed by atoms with Gasteiger partial charge in [-0.2, -0.15) is 0 Å². The smallest absolute Gasteiger partial charge is 0.159 e. The number of benzene rings is 1. The molecule has 0 unspecified atom stereocenters. The lowest BCUT2D eigenvalue weighted by atomic mass is 9.76. The first-order valence-corrected chi connectivity index (χ1v) is 10.7. The minimum absolute atomic E-state index is 0.647. The zero-order valence-electron chi connectivity index (χ0n) is 16.5. The summed E-state index contributed by atoms with van der Waals surface area (Å²) in [5.41, 5.74) is 3.22. The molecule has 0 aliphatic heterocycles. The van der Waals surface area contributed by atoms with Crippen LogP contribution in [-0.4, -0.2) is 0 Å². The van der Waals surface area contributed by atoms with Gasteiger partial charge in [0.1, 0.15) is 0 Å². The molecule has 2 heteroatoms. The summed E-state index contributed by atoms with van der Waals surface area (Å²) in [7, 11) is 0. The third kappa shape index (κ3) is 5.64. The average molecular weight is 371 g/mol. The van der Waals surface area contributed by atoms with Gasteiger partial charge in [0.2, 0.25) is 0 Å². The average Bonchev–Trinajstić information content (AvgIpc) is 2.94. The molecular formula is C25H32F2. The number of allylic oxidation sites excluding steroid dienone is 6. The van der Waals surface area contributed by atoms with Gasteiger partial charge in [-0.05, 0) is 72.8 Å². The Bertz CT molecular complexity index is 703. The van der Waals surface area contributed by atoms with Crippen molar-refractivity contribution in [3.05, 3.63) is 65.3 Å². The molecule has 0 atom stereocenters. The second kappa shape index (κ2) is 10.0. The number of hydrogen-bond acceptors (Lipinski definition) is 0. The molecule has 0 amide bonds. The van der Waals surface area contributed by atoms with E-state index in [1.165, 1.54) is 75.5 Å². The monoisotopic (exact) mass is 370 g/mol. The lowest BCUT2D eigenvalue weighted by Crippen LogP contribution is -2.15. The van der Waals surface area contributed by atoms with E-state index in [1.807, 2.05) is 0 Å². The van der Waals surface area contributed by atoms with Crippen LogP contribution in [0.3, 0.4) is 0 Å². The number of unbranched alkanes of at least 4 members (excludes halogenated alkanes) is 3. The largest absolute Gasteiger partial charge is 0.204 e. The first-order valence-electron chi connectivity index (χ1n) is 10.7. The highest BCUT2D eigenvalue weighted by atomic mass is 19.2. The van der Waals surface area contributed by atoms with Crippen LogP contribution in [0.5, 0.6) is 0 Å². The second-order valence-electron chi connectivity index (χ2n) is 8.16. The summed E-state index contributed by atoms with van der Waals surface area (Å²) in [6.45, 7) is 2.27. The molecule has 0 spiro atoms. The maximum Gasteiger partial charge on any atom is 0.159 e. The Hall–Kier alpha value is -1.70. The fraction of sp³-hybridized carbons (Fsp3) is 0.520. The van der Waals surface area contributed by atoms with Gasteiger partial charge in [0.05, 0.1) is 0 Å². The summed E-state index contributed by atoms with van der Waals surface area (Å²) in [4.78, 5) is 0. The van der Waals surface area contributed by atoms with E-state index >= 15 is 0 Å². The first-order chi connectivity index (χ1) is 13.2. The lowest BCUT2D eigenvalue weighted by Gasteiger charge is -2.29. The highest BCUT2D eigenvalue weighted by Gasteiger charge is 2.22. The predicted molar refractivity (Wildman–Crippen MR) is 110 cm³/mol. The Morgan fingerprint density at radius 2 is 1.74 bits per heavy atom. The topological polar surface area (TPSA) is 0 Å². The summed E-state index contributed by atoms with van der Waals surface area (Å²) < 4.78 is 26.7. The van der Waals surface area contributed by atoms with E-state index in [9.17, 15) is 8.78 Å². The van der Waals surface area contributed by atoms with Crippen molar-refractivity contribution in [2.75, 3.05) is 0 Å². The summed E-state index contributed by atoms with van der Waals surface area (Å²) in [6.07, 6.45) is 21.6. The van der Waals surface area contributed by atoms with Crippen LogP contribution in [0.1, 0.15) is 76.7 Å². The molecule has 0 heterocycles. The Balaban J connectivity index is 1.57. The van der Waals surface area contributed by atoms with E-state index in [4.69, 9.17) is 0 Å². The van der Waals surface area contributed by atoms with E-state index < -0.39 is 11.6 Å². The fourth-order valence-corrected chi connectivity index (χ4v) is 4.47. The van der Waals surface area contributed by atoms with E-state index in [2.05, 4.69) is 31.2 Å². The molecule has 1 aromatic carbocycles. The van der Waals surface area contributed by atoms with Gasteiger partial charge < -0.3 is 0 Å². The molecule has 1 aromatic rings. The van der Waals surface area contributed by atoms with Crippen molar-refractivity contribution in [3.8, 4) is 0 Å². The van der Waals surface area contributed by atoms with Crippen molar-refractivity contribution < 1.29 is 8.78 Å². The maximum absolute atomic E-state index is 13.5. The van der Waals surface area contributed by atoms with Crippen LogP contribution < -0.4 is 0 Å². The molecule has 27 heavy (non-hydrogen) atoms. The van der Waals surface area contributed by atoms with Crippen molar-refractivity contribution in [2.45, 2.75) is 71.1 Å². The van der Waals surface area contributed by atoms with Crippen molar-refractivity contribution in [1.82, 2.24) is 0 Å². The Labute approximate surface area is 163 Å². The van der Waals surface area contributed by atoms with Crippen molar-refractivity contribution in [3.63, 3.8) is 0 Å². The van der Waals surface area contributed by atoms with Gasteiger partial charge in [0, 0.05) is 0 Å². The van der Waals surface area contributed by atoms with Crippen molar-refractivity contribution in [2.24, 2.45) is 11.8 Å². The minimum atomic E-state index is -0.786. The lowest BCUT2D eigenvalue weighted by molar-refractivity contribution is 0.283. The molecule has 2 aliphatic rings. The van der Waals surface area contributed by atoms with Gasteiger partial charge in [-0.1, -0.05) is 69.4 Å². The Morgan fingerprint density at radius 1 is 0.926 bits per heavy atom. The Morgan fingerprint density at radius 3 is 2.48 bits per heavy atom. The third-order valence-corrected chi connectivity index (χ3v) is 6.20. The SMILES string of the molecule is CCCCCCC1CCC(C2=CC=C(c3ccc(F)c(F)c3)CC=C2)CC1. The Kier molecular flexibility index (Phi) is 7.43. The highest BCUT2D eigenvalue weighted by molar-refractivity contribution is 5.69. The summed E-state index contributed by atoms with van der Waals surface area (Å²) >= 11 is 0. The van der Waals surface area contributed by atoms with Crippen LogP contribution in [0, 0.1) is 23.5 Å². The molecule has 1 saturated carbocycles. The summed E-state index contributed by atoms with van der Waals surface area (Å²) in [5.74, 6) is 0.00439. The van der Waals surface area contributed by atoms with E-state index in [1.54, 1.807) is 6.07 Å². The zero-order valence-corrected chi connectivity index (χ0v) is 16.5. The molecule has 0 N–H and O–H groups in total. The van der Waals surface area contributed by atoms with Gasteiger partial charge in [-0.15, -0.1) is 0 Å². The van der Waals surface area contributed by atoms with Crippen LogP contribution in [0.15, 0.2) is 48.1 Å². The van der Waals surface area contributed by atoms with Crippen LogP contribution in [0.4, 0.5) is 8.78 Å². The molecule has 0 radical (unpaired) electrons. The number of rotatable bonds is 7. The number of hydrogen-bond donors (Lipinski definition) is 0. The normalized spacial score (nSPS) is 22.9. The highest BCUT2D eigenvalue weighted by Crippen LogP contribution is 2.37. The maximum atomic E-state index is 13.5. The molecule has 1 fully saturated rings. The molecule has 0 aromatic heterocycles. The molecular weight excluding hydrogens is 338 g/mol. The van der Waals surface area contributed by atoms with Gasteiger partial charge >= 0.3 is 0 Å². The second-order valence-corrected chi connectivity index (χ2v) is 8.16. The van der Waals surface area contributed by atoms with Gasteiger partial charge in [-0.3, -0.25) is 0 Å². The van der Waals surface area contributed by atoms with Crippen LogP contribution >= 0.6 is 0 Å². The number of halogens is 2. The van der Waals surface area contributed by atoms with Crippen molar-refractivity contribution >= 4 is 5.57 Å². The molecule has 3 rings (SSSR count). The molecule has 0 nitrogen and oxygen atoms in total. The first kappa shape index (κ1) is 20.0. The quantitative estimate of drug-likeness (QED) is 0.426. The van der Waals surface area contributed by atoms with E-state index in [0.29, 0.717) is 5.92 Å². The molecule has 146 valence electrons. The summed E-state index contributed by atoms with van der Waals surface area (Å²) in [5, 5.41) is 0. The van der Waals surface area contributed by atoms with Gasteiger partial charge in [-0.25, -0.2) is 8.78 Å². The standard InChI is InChI=1S/C25H32F2/c1-2-3-4-5-7-19-10-12-22(13-11-19)20-8-6-9-21(15-14-20)23-16-17-24(26)25(27)18-23/h6,8,14-19,22H,2-5,7,9-13H2,1H3. The van der Waals surface area contributed by atoms with E-state index in [0.717, 1.165) is 23.5 Å². The van der Waals surface area contributed by atoms with Gasteiger partial charge in [0.25, 0.3) is 0 Å². The van der Waals surface area contributed by atoms with Crippen LogP contribution in [-0.2, 0) is 0 Å². The van der Waals surface area contributed by atoms with Gasteiger partial charge in [0.15, 0.2) is 11.6 Å². The van der Waals surface area contributed by atoms with Crippen molar-refractivity contribution in [1.29, 1.82) is 0 Å². The summed E-state index contributed by atoms with van der Waals surface area (Å²) in [6, 6.07) is 4.19. The molecule has 0 bridgehead atoms. The molecule has 0 saturated heterocycles. The fourth-order valence-electron chi connectivity index (χ4n) is 4.47. The predicted octanol–water partition coefficient (Wildman–Crippen LogP) is 8.01. The van der Waals surface area contributed by atoms with Crippen LogP contribution in [0.2, 0.25) is 0 Å². The zero-order chi connectivity index (χ0) is 19.1.